The van der Waals surface area contributed by atoms with Crippen LogP contribution < -0.4 is 0 Å². The summed E-state index contributed by atoms with van der Waals surface area (Å²) in [5.74, 6) is 0. The molecule has 0 aliphatic rings. The van der Waals surface area contributed by atoms with Crippen LogP contribution in [-0.4, -0.2) is 28.2 Å². The molecule has 4 heteroatoms. The fraction of sp³-hybridized carbons (Fsp3) is 0.364. The van der Waals surface area contributed by atoms with Gasteiger partial charge < -0.3 is 5.21 Å². The lowest BCUT2D eigenvalue weighted by molar-refractivity contribution is 0.320. The molecule has 15 heavy (non-hydrogen) atoms. The van der Waals surface area contributed by atoms with Crippen LogP contribution >= 0.6 is 0 Å². The number of aromatic nitrogens is 1. The van der Waals surface area contributed by atoms with Gasteiger partial charge in [0.1, 0.15) is 0 Å². The molecule has 0 aromatic carbocycles. The molecule has 0 atom stereocenters. The molecule has 1 N–H and O–H groups in total. The van der Waals surface area contributed by atoms with Gasteiger partial charge in [0.25, 0.3) is 0 Å². The second-order valence-electron chi connectivity index (χ2n) is 3.22. The van der Waals surface area contributed by atoms with Crippen molar-refractivity contribution < 1.29 is 5.21 Å². The van der Waals surface area contributed by atoms with E-state index in [9.17, 15) is 0 Å². The van der Waals surface area contributed by atoms with Gasteiger partial charge in [0, 0.05) is 24.9 Å². The lowest BCUT2D eigenvalue weighted by atomic mass is 10.2. The zero-order valence-electron chi connectivity index (χ0n) is 9.01. The largest absolute Gasteiger partial charge is 0.411 e. The highest BCUT2D eigenvalue weighted by Crippen LogP contribution is 1.95. The first-order valence-corrected chi connectivity index (χ1v) is 4.84. The monoisotopic (exact) mass is 205 g/mol. The lowest BCUT2D eigenvalue weighted by Crippen LogP contribution is -2.07. The molecule has 0 spiro atoms. The van der Waals surface area contributed by atoms with Crippen LogP contribution in [0, 0.1) is 0 Å². The van der Waals surface area contributed by atoms with E-state index >= 15 is 0 Å². The van der Waals surface area contributed by atoms with Crippen molar-refractivity contribution in [3.63, 3.8) is 0 Å². The van der Waals surface area contributed by atoms with E-state index in [-0.39, 0.29) is 0 Å². The average Bonchev–Trinajstić information content (AvgIpc) is 2.29. The molecule has 1 rings (SSSR count). The minimum absolute atomic E-state index is 0.552. The van der Waals surface area contributed by atoms with E-state index in [0.29, 0.717) is 12.3 Å². The van der Waals surface area contributed by atoms with Crippen LogP contribution in [0.25, 0.3) is 0 Å². The Morgan fingerprint density at radius 2 is 2.13 bits per heavy atom. The van der Waals surface area contributed by atoms with Gasteiger partial charge in [0.05, 0.1) is 11.4 Å². The van der Waals surface area contributed by atoms with Crippen LogP contribution in [-0.2, 0) is 6.42 Å². The minimum Gasteiger partial charge on any atom is -0.411 e. The number of rotatable bonds is 4. The van der Waals surface area contributed by atoms with Crippen LogP contribution in [0.3, 0.4) is 0 Å². The van der Waals surface area contributed by atoms with E-state index in [2.05, 4.69) is 15.1 Å². The normalized spacial score (nSPS) is 12.9. The van der Waals surface area contributed by atoms with Crippen LogP contribution in [0.4, 0.5) is 0 Å². The second kappa shape index (κ2) is 5.90. The molecule has 80 valence electrons. The Morgan fingerprint density at radius 1 is 1.33 bits per heavy atom. The van der Waals surface area contributed by atoms with Crippen molar-refractivity contribution in [1.82, 2.24) is 4.98 Å². The Labute approximate surface area is 89.4 Å². The Bertz CT molecular complexity index is 357. The Kier molecular flexibility index (Phi) is 4.47. The van der Waals surface area contributed by atoms with E-state index in [1.165, 1.54) is 0 Å². The van der Waals surface area contributed by atoms with E-state index in [4.69, 9.17) is 5.21 Å². The third kappa shape index (κ3) is 3.89. The summed E-state index contributed by atoms with van der Waals surface area (Å²) in [6, 6.07) is 5.82. The number of nitrogens with zero attached hydrogens (tertiary/aromatic N) is 3. The minimum atomic E-state index is 0.552. The highest BCUT2D eigenvalue weighted by atomic mass is 16.4. The Balaban J connectivity index is 2.46. The smallest absolute Gasteiger partial charge is 0.0971 e. The summed E-state index contributed by atoms with van der Waals surface area (Å²) in [7, 11) is 0. The third-order valence-corrected chi connectivity index (χ3v) is 2.12. The molecule has 0 saturated carbocycles. The van der Waals surface area contributed by atoms with Gasteiger partial charge in [0.2, 0.25) is 0 Å². The van der Waals surface area contributed by atoms with Crippen molar-refractivity contribution >= 4 is 11.4 Å². The molecule has 0 aliphatic heterocycles. The zero-order chi connectivity index (χ0) is 11.1. The molecule has 0 bridgehead atoms. The predicted octanol–water partition coefficient (Wildman–Crippen LogP) is 1.94. The molecule has 1 aromatic heterocycles. The van der Waals surface area contributed by atoms with Crippen LogP contribution in [0.2, 0.25) is 0 Å². The summed E-state index contributed by atoms with van der Waals surface area (Å²) in [4.78, 5) is 8.47. The highest BCUT2D eigenvalue weighted by Gasteiger charge is 1.96. The van der Waals surface area contributed by atoms with E-state index in [0.717, 1.165) is 17.8 Å². The number of pyridine rings is 1. The number of oxime groups is 1. The van der Waals surface area contributed by atoms with Gasteiger partial charge in [-0.05, 0) is 26.0 Å². The topological polar surface area (TPSA) is 57.8 Å². The first-order valence-electron chi connectivity index (χ1n) is 4.84. The first kappa shape index (κ1) is 11.4. The highest BCUT2D eigenvalue weighted by molar-refractivity contribution is 6.40. The van der Waals surface area contributed by atoms with Gasteiger partial charge in [-0.1, -0.05) is 11.2 Å². The summed E-state index contributed by atoms with van der Waals surface area (Å²) >= 11 is 0. The van der Waals surface area contributed by atoms with Crippen molar-refractivity contribution in [2.75, 3.05) is 6.54 Å². The summed E-state index contributed by atoms with van der Waals surface area (Å²) in [5, 5.41) is 11.6. The molecule has 0 aliphatic carbocycles. The summed E-state index contributed by atoms with van der Waals surface area (Å²) in [6.07, 6.45) is 2.57. The Hall–Kier alpha value is -1.71. The van der Waals surface area contributed by atoms with E-state index < -0.39 is 0 Å². The number of aliphatic imine (C=N–C) groups is 1. The van der Waals surface area contributed by atoms with Crippen LogP contribution in [0.15, 0.2) is 34.5 Å². The molecule has 0 unspecified atom stereocenters. The van der Waals surface area contributed by atoms with Crippen molar-refractivity contribution in [3.05, 3.63) is 30.1 Å². The van der Waals surface area contributed by atoms with Crippen molar-refractivity contribution in [2.24, 2.45) is 10.1 Å². The van der Waals surface area contributed by atoms with E-state index in [1.807, 2.05) is 25.1 Å². The fourth-order valence-electron chi connectivity index (χ4n) is 1.07. The Morgan fingerprint density at radius 3 is 2.73 bits per heavy atom. The van der Waals surface area contributed by atoms with Crippen molar-refractivity contribution in [3.8, 4) is 0 Å². The zero-order valence-corrected chi connectivity index (χ0v) is 9.01. The maximum absolute atomic E-state index is 8.52. The third-order valence-electron chi connectivity index (χ3n) is 2.12. The van der Waals surface area contributed by atoms with Gasteiger partial charge in [-0.2, -0.15) is 0 Å². The van der Waals surface area contributed by atoms with Crippen molar-refractivity contribution in [1.29, 1.82) is 0 Å². The lowest BCUT2D eigenvalue weighted by Gasteiger charge is -1.98. The SMILES string of the molecule is CC(=N\O)/C(C)=N/CCc1ccccn1. The molecule has 0 radical (unpaired) electrons. The van der Waals surface area contributed by atoms with Gasteiger partial charge in [-0.15, -0.1) is 0 Å². The molecule has 0 fully saturated rings. The molecular formula is C11H15N3O. The van der Waals surface area contributed by atoms with Gasteiger partial charge in [-0.25, -0.2) is 0 Å². The maximum Gasteiger partial charge on any atom is 0.0971 e. The summed E-state index contributed by atoms with van der Waals surface area (Å²) < 4.78 is 0. The van der Waals surface area contributed by atoms with Gasteiger partial charge in [-0.3, -0.25) is 9.98 Å². The van der Waals surface area contributed by atoms with Crippen molar-refractivity contribution in [2.45, 2.75) is 20.3 Å². The fourth-order valence-corrected chi connectivity index (χ4v) is 1.07. The van der Waals surface area contributed by atoms with Gasteiger partial charge >= 0.3 is 0 Å². The molecule has 1 heterocycles. The predicted molar refractivity (Wildman–Crippen MR) is 60.8 cm³/mol. The van der Waals surface area contributed by atoms with Crippen LogP contribution in [0.5, 0.6) is 0 Å². The standard InChI is InChI=1S/C11H15N3O/c1-9(10(2)14-15)12-8-6-11-5-3-4-7-13-11/h3-5,7,15H,6,8H2,1-2H3/b12-9+,14-10+. The second-order valence-corrected chi connectivity index (χ2v) is 3.22. The molecular weight excluding hydrogens is 190 g/mol. The maximum atomic E-state index is 8.52. The summed E-state index contributed by atoms with van der Waals surface area (Å²) in [6.45, 7) is 4.21. The summed E-state index contributed by atoms with van der Waals surface area (Å²) in [5.41, 5.74) is 2.33. The molecule has 1 aromatic rings. The molecule has 4 nitrogen and oxygen atoms in total. The average molecular weight is 205 g/mol. The molecule has 0 amide bonds. The quantitative estimate of drug-likeness (QED) is 0.464. The number of hydrogen-bond acceptors (Lipinski definition) is 4. The first-order chi connectivity index (χ1) is 7.24. The molecule has 0 saturated heterocycles. The van der Waals surface area contributed by atoms with E-state index in [1.54, 1.807) is 13.1 Å². The van der Waals surface area contributed by atoms with Crippen LogP contribution in [0.1, 0.15) is 19.5 Å². The van der Waals surface area contributed by atoms with Gasteiger partial charge in [0.15, 0.2) is 0 Å². The number of hydrogen-bond donors (Lipinski definition) is 1.